The maximum atomic E-state index is 5.81. The van der Waals surface area contributed by atoms with Crippen molar-refractivity contribution < 1.29 is 9.47 Å². The number of unbranched alkanes of at least 4 members (excludes halogenated alkanes) is 2. The molecule has 0 N–H and O–H groups in total. The molecule has 104 valence electrons. The summed E-state index contributed by atoms with van der Waals surface area (Å²) in [5.41, 5.74) is 0. The number of hydrogen-bond donors (Lipinski definition) is 0. The summed E-state index contributed by atoms with van der Waals surface area (Å²) in [6.07, 6.45) is 4.91. The molecule has 0 heterocycles. The van der Waals surface area contributed by atoms with Gasteiger partial charge in [-0.05, 0) is 26.7 Å². The van der Waals surface area contributed by atoms with Gasteiger partial charge in [0.05, 0.1) is 0 Å². The van der Waals surface area contributed by atoms with Gasteiger partial charge in [0.2, 0.25) is 0 Å². The van der Waals surface area contributed by atoms with Crippen LogP contribution in [-0.4, -0.2) is 37.1 Å². The predicted molar refractivity (Wildman–Crippen MR) is 73.0 cm³/mol. The summed E-state index contributed by atoms with van der Waals surface area (Å²) in [7, 11) is 0. The zero-order chi connectivity index (χ0) is 13.1. The molecule has 0 aromatic heterocycles. The van der Waals surface area contributed by atoms with Crippen LogP contribution >= 0.6 is 0 Å². The maximum Gasteiger partial charge on any atom is 0.109 e. The Hall–Kier alpha value is -0.120. The highest BCUT2D eigenvalue weighted by molar-refractivity contribution is 4.59. The molecule has 3 nitrogen and oxygen atoms in total. The third kappa shape index (κ3) is 7.74. The lowest BCUT2D eigenvalue weighted by molar-refractivity contribution is -0.138. The fraction of sp³-hybridized carbons (Fsp3) is 1.00. The van der Waals surface area contributed by atoms with E-state index in [2.05, 4.69) is 39.5 Å². The van der Waals surface area contributed by atoms with E-state index in [1.54, 1.807) is 0 Å². The maximum absolute atomic E-state index is 5.81. The van der Waals surface area contributed by atoms with E-state index >= 15 is 0 Å². The van der Waals surface area contributed by atoms with Crippen molar-refractivity contribution in [2.24, 2.45) is 0 Å². The fourth-order valence-corrected chi connectivity index (χ4v) is 1.80. The summed E-state index contributed by atoms with van der Waals surface area (Å²) < 4.78 is 11.6. The standard InChI is InChI=1S/C14H31NO2/c1-6-9-11-16-13(4)15(8-3)14(5)17-12-10-7-2/h13-14H,6-12H2,1-5H3. The van der Waals surface area contributed by atoms with Gasteiger partial charge in [0, 0.05) is 19.8 Å². The molecule has 17 heavy (non-hydrogen) atoms. The average Bonchev–Trinajstić information content (AvgIpc) is 2.30. The first-order chi connectivity index (χ1) is 8.17. The summed E-state index contributed by atoms with van der Waals surface area (Å²) in [6, 6.07) is 0. The van der Waals surface area contributed by atoms with E-state index in [9.17, 15) is 0 Å². The lowest BCUT2D eigenvalue weighted by atomic mass is 10.3. The van der Waals surface area contributed by atoms with Gasteiger partial charge in [-0.15, -0.1) is 0 Å². The monoisotopic (exact) mass is 245 g/mol. The zero-order valence-electron chi connectivity index (χ0n) is 12.4. The van der Waals surface area contributed by atoms with Crippen molar-refractivity contribution in [3.63, 3.8) is 0 Å². The lowest BCUT2D eigenvalue weighted by Gasteiger charge is -2.33. The van der Waals surface area contributed by atoms with Crippen LogP contribution in [0.3, 0.4) is 0 Å². The molecule has 0 spiro atoms. The first-order valence-electron chi connectivity index (χ1n) is 7.16. The minimum absolute atomic E-state index is 0.142. The third-order valence-corrected chi connectivity index (χ3v) is 3.01. The molecule has 0 aromatic carbocycles. The molecule has 0 saturated heterocycles. The van der Waals surface area contributed by atoms with Crippen molar-refractivity contribution >= 4 is 0 Å². The summed E-state index contributed by atoms with van der Waals surface area (Å²) in [5.74, 6) is 0. The molecular formula is C14H31NO2. The van der Waals surface area contributed by atoms with Crippen LogP contribution in [0, 0.1) is 0 Å². The van der Waals surface area contributed by atoms with Gasteiger partial charge in [-0.25, -0.2) is 0 Å². The van der Waals surface area contributed by atoms with Crippen LogP contribution in [0.1, 0.15) is 60.3 Å². The third-order valence-electron chi connectivity index (χ3n) is 3.01. The second kappa shape index (κ2) is 11.0. The number of rotatable bonds is 11. The van der Waals surface area contributed by atoms with E-state index in [0.717, 1.165) is 32.6 Å². The predicted octanol–water partition coefficient (Wildman–Crippen LogP) is 3.63. The van der Waals surface area contributed by atoms with Crippen molar-refractivity contribution in [3.05, 3.63) is 0 Å². The first-order valence-corrected chi connectivity index (χ1v) is 7.16. The molecule has 0 rings (SSSR count). The smallest absolute Gasteiger partial charge is 0.109 e. The molecule has 2 atom stereocenters. The average molecular weight is 245 g/mol. The molecule has 0 aliphatic carbocycles. The van der Waals surface area contributed by atoms with E-state index in [1.165, 1.54) is 12.8 Å². The zero-order valence-corrected chi connectivity index (χ0v) is 12.4. The van der Waals surface area contributed by atoms with Gasteiger partial charge in [-0.3, -0.25) is 4.90 Å². The van der Waals surface area contributed by atoms with E-state index in [-0.39, 0.29) is 12.5 Å². The van der Waals surface area contributed by atoms with E-state index in [0.29, 0.717) is 0 Å². The van der Waals surface area contributed by atoms with Crippen LogP contribution in [-0.2, 0) is 9.47 Å². The minimum Gasteiger partial charge on any atom is -0.363 e. The second-order valence-electron chi connectivity index (χ2n) is 4.48. The summed E-state index contributed by atoms with van der Waals surface area (Å²) in [6.45, 7) is 13.4. The Labute approximate surface area is 107 Å². The Morgan fingerprint density at radius 1 is 0.824 bits per heavy atom. The Kier molecular flexibility index (Phi) is 10.9. The molecule has 0 bridgehead atoms. The number of ether oxygens (including phenoxy) is 2. The Balaban J connectivity index is 3.92. The number of nitrogens with zero attached hydrogens (tertiary/aromatic N) is 1. The van der Waals surface area contributed by atoms with Crippen LogP contribution in [0.25, 0.3) is 0 Å². The molecule has 3 heteroatoms. The van der Waals surface area contributed by atoms with Crippen LogP contribution < -0.4 is 0 Å². The summed E-state index contributed by atoms with van der Waals surface area (Å²) in [4.78, 5) is 2.26. The Bertz CT molecular complexity index is 148. The van der Waals surface area contributed by atoms with Gasteiger partial charge in [0.15, 0.2) is 0 Å². The fourth-order valence-electron chi connectivity index (χ4n) is 1.80. The van der Waals surface area contributed by atoms with Gasteiger partial charge < -0.3 is 9.47 Å². The highest BCUT2D eigenvalue weighted by Crippen LogP contribution is 2.09. The topological polar surface area (TPSA) is 21.7 Å². The van der Waals surface area contributed by atoms with Crippen LogP contribution in [0.4, 0.5) is 0 Å². The van der Waals surface area contributed by atoms with Crippen molar-refractivity contribution in [1.82, 2.24) is 4.90 Å². The second-order valence-corrected chi connectivity index (χ2v) is 4.48. The minimum atomic E-state index is 0.142. The van der Waals surface area contributed by atoms with Crippen molar-refractivity contribution in [2.75, 3.05) is 19.8 Å². The largest absolute Gasteiger partial charge is 0.363 e. The van der Waals surface area contributed by atoms with E-state index in [1.807, 2.05) is 0 Å². The molecule has 0 fully saturated rings. The lowest BCUT2D eigenvalue weighted by Crippen LogP contribution is -2.43. The van der Waals surface area contributed by atoms with Gasteiger partial charge in [-0.2, -0.15) is 0 Å². The molecular weight excluding hydrogens is 214 g/mol. The number of hydrogen-bond acceptors (Lipinski definition) is 3. The molecule has 0 amide bonds. The molecule has 0 aromatic rings. The highest BCUT2D eigenvalue weighted by Gasteiger charge is 2.18. The van der Waals surface area contributed by atoms with Crippen molar-refractivity contribution in [2.45, 2.75) is 72.8 Å². The molecule has 0 radical (unpaired) electrons. The van der Waals surface area contributed by atoms with Crippen LogP contribution in [0.5, 0.6) is 0 Å². The van der Waals surface area contributed by atoms with Crippen LogP contribution in [0.2, 0.25) is 0 Å². The van der Waals surface area contributed by atoms with Gasteiger partial charge in [-0.1, -0.05) is 33.6 Å². The molecule has 0 aliphatic heterocycles. The van der Waals surface area contributed by atoms with Gasteiger partial charge >= 0.3 is 0 Å². The molecule has 0 aliphatic rings. The van der Waals surface area contributed by atoms with Crippen molar-refractivity contribution in [1.29, 1.82) is 0 Å². The van der Waals surface area contributed by atoms with Gasteiger partial charge in [0.1, 0.15) is 12.5 Å². The Morgan fingerprint density at radius 2 is 1.24 bits per heavy atom. The quantitative estimate of drug-likeness (QED) is 0.410. The van der Waals surface area contributed by atoms with E-state index in [4.69, 9.17) is 9.47 Å². The highest BCUT2D eigenvalue weighted by atomic mass is 16.5. The normalized spacial score (nSPS) is 15.2. The summed E-state index contributed by atoms with van der Waals surface area (Å²) >= 11 is 0. The van der Waals surface area contributed by atoms with Crippen LogP contribution in [0.15, 0.2) is 0 Å². The Morgan fingerprint density at radius 3 is 1.53 bits per heavy atom. The van der Waals surface area contributed by atoms with Crippen molar-refractivity contribution in [3.8, 4) is 0 Å². The first kappa shape index (κ1) is 16.9. The van der Waals surface area contributed by atoms with E-state index < -0.39 is 0 Å². The molecule has 2 unspecified atom stereocenters. The van der Waals surface area contributed by atoms with Gasteiger partial charge in [0.25, 0.3) is 0 Å². The SMILES string of the molecule is CCCCOC(C)N(CC)C(C)OCCCC. The molecule has 0 saturated carbocycles. The summed E-state index contributed by atoms with van der Waals surface area (Å²) in [5, 5.41) is 0.